The largest absolute Gasteiger partial charge is 0.374 e. The molecule has 1 atom stereocenters. The molecule has 4 N–H and O–H groups in total. The zero-order chi connectivity index (χ0) is 24.8. The number of hydrogen-bond acceptors (Lipinski definition) is 6. The van der Waals surface area contributed by atoms with Gasteiger partial charge >= 0.3 is 0 Å². The molecule has 2 aliphatic rings. The summed E-state index contributed by atoms with van der Waals surface area (Å²) in [5, 5.41) is 11.1. The molecule has 35 heavy (non-hydrogen) atoms. The van der Waals surface area contributed by atoms with Crippen molar-refractivity contribution >= 4 is 23.5 Å². The third-order valence-electron chi connectivity index (χ3n) is 6.72. The number of likely N-dealkylation sites (tertiary alicyclic amines) is 1. The number of aliphatic imine (C=N–C) groups is 1. The second kappa shape index (κ2) is 11.6. The van der Waals surface area contributed by atoms with E-state index in [1.54, 1.807) is 0 Å². The first kappa shape index (κ1) is 25.1. The molecule has 0 aliphatic carbocycles. The molecule has 0 saturated carbocycles. The van der Waals surface area contributed by atoms with Crippen LogP contribution in [-0.2, 0) is 0 Å². The highest BCUT2D eigenvalue weighted by atomic mass is 16.3. The van der Waals surface area contributed by atoms with Gasteiger partial charge in [-0.05, 0) is 66.7 Å². The van der Waals surface area contributed by atoms with Gasteiger partial charge in [-0.3, -0.25) is 9.69 Å². The second-order valence-electron chi connectivity index (χ2n) is 9.36. The van der Waals surface area contributed by atoms with Crippen molar-refractivity contribution in [3.05, 3.63) is 59.2 Å². The molecule has 1 fully saturated rings. The number of hydrogen-bond donors (Lipinski definition) is 3. The van der Waals surface area contributed by atoms with Crippen LogP contribution < -0.4 is 11.3 Å². The molecule has 0 aromatic heterocycles. The number of amides is 1. The molecule has 186 valence electrons. The van der Waals surface area contributed by atoms with Gasteiger partial charge in [-0.15, -0.1) is 0 Å². The molecular weight excluding hydrogens is 438 g/mol. The summed E-state index contributed by atoms with van der Waals surface area (Å²) in [4.78, 5) is 21.5. The highest BCUT2D eigenvalue weighted by molar-refractivity contribution is 5.95. The van der Waals surface area contributed by atoms with Crippen molar-refractivity contribution in [2.75, 3.05) is 26.2 Å². The van der Waals surface area contributed by atoms with E-state index in [1.807, 2.05) is 47.4 Å². The Balaban J connectivity index is 1.60. The van der Waals surface area contributed by atoms with Crippen LogP contribution in [0.4, 0.5) is 5.69 Å². The minimum Gasteiger partial charge on any atom is -0.374 e. The smallest absolute Gasteiger partial charge is 0.253 e. The normalized spacial score (nSPS) is 16.4. The number of carbonyl (C=O) groups excluding carboxylic acids is 1. The first-order chi connectivity index (χ1) is 17.0. The van der Waals surface area contributed by atoms with Gasteiger partial charge in [0.25, 0.3) is 5.91 Å². The number of rotatable bonds is 8. The number of amidine groups is 1. The lowest BCUT2D eigenvalue weighted by atomic mass is 9.99. The van der Waals surface area contributed by atoms with Gasteiger partial charge in [-0.2, -0.15) is 0 Å². The standard InChI is InChI=1S/C28H37N5O2/c1-3-13-32(14-4-2)28(35)24-17-23-12-11-22(18-25(23)30-26(19-24)31-29)20-7-9-21(10-8-20)27(34)33-15-5-6-16-33/h7-12,17-18,28,35H,3-6,13-16,19,29H2,1-2H3,(H,30,31). The Morgan fingerprint density at radius 2 is 1.74 bits per heavy atom. The van der Waals surface area contributed by atoms with Crippen LogP contribution in [0.25, 0.3) is 17.2 Å². The monoisotopic (exact) mass is 475 g/mol. The molecule has 2 aliphatic heterocycles. The van der Waals surface area contributed by atoms with Gasteiger partial charge in [-0.1, -0.05) is 38.1 Å². The van der Waals surface area contributed by atoms with E-state index in [2.05, 4.69) is 30.2 Å². The van der Waals surface area contributed by atoms with Crippen molar-refractivity contribution in [1.29, 1.82) is 0 Å². The maximum atomic E-state index is 12.7. The van der Waals surface area contributed by atoms with E-state index >= 15 is 0 Å². The highest BCUT2D eigenvalue weighted by Crippen LogP contribution is 2.33. The Morgan fingerprint density at radius 3 is 2.37 bits per heavy atom. The van der Waals surface area contributed by atoms with Crippen LogP contribution in [0.15, 0.2) is 53.0 Å². The van der Waals surface area contributed by atoms with Crippen molar-refractivity contribution in [2.24, 2.45) is 10.8 Å². The number of hydrazine groups is 1. The molecule has 1 saturated heterocycles. The molecule has 2 aromatic rings. The number of nitrogens with zero attached hydrogens (tertiary/aromatic N) is 3. The number of nitrogens with one attached hydrogen (secondary N) is 1. The Kier molecular flexibility index (Phi) is 8.33. The molecule has 7 nitrogen and oxygen atoms in total. The number of carbonyl (C=O) groups is 1. The predicted octanol–water partition coefficient (Wildman–Crippen LogP) is 4.31. The summed E-state index contributed by atoms with van der Waals surface area (Å²) < 4.78 is 0. The van der Waals surface area contributed by atoms with E-state index in [0.717, 1.165) is 85.4 Å². The van der Waals surface area contributed by atoms with Crippen molar-refractivity contribution in [3.63, 3.8) is 0 Å². The average Bonchev–Trinajstić information content (AvgIpc) is 3.36. The molecule has 0 bridgehead atoms. The van der Waals surface area contributed by atoms with E-state index in [4.69, 9.17) is 10.8 Å². The van der Waals surface area contributed by atoms with E-state index in [-0.39, 0.29) is 5.91 Å². The fourth-order valence-corrected chi connectivity index (χ4v) is 4.89. The van der Waals surface area contributed by atoms with Crippen LogP contribution in [0.2, 0.25) is 0 Å². The van der Waals surface area contributed by atoms with E-state index in [0.29, 0.717) is 12.3 Å². The Morgan fingerprint density at radius 1 is 1.09 bits per heavy atom. The molecule has 0 spiro atoms. The van der Waals surface area contributed by atoms with Crippen LogP contribution in [0.3, 0.4) is 0 Å². The lowest BCUT2D eigenvalue weighted by molar-refractivity contribution is 0.0322. The summed E-state index contributed by atoms with van der Waals surface area (Å²) in [7, 11) is 0. The summed E-state index contributed by atoms with van der Waals surface area (Å²) >= 11 is 0. The van der Waals surface area contributed by atoms with Crippen molar-refractivity contribution in [3.8, 4) is 11.1 Å². The molecule has 1 amide bonds. The van der Waals surface area contributed by atoms with Crippen LogP contribution >= 0.6 is 0 Å². The summed E-state index contributed by atoms with van der Waals surface area (Å²) in [6.45, 7) is 7.60. The first-order valence-corrected chi connectivity index (χ1v) is 12.7. The zero-order valence-corrected chi connectivity index (χ0v) is 20.8. The molecule has 2 aromatic carbocycles. The fraction of sp³-hybridized carbons (Fsp3) is 0.429. The van der Waals surface area contributed by atoms with Gasteiger partial charge in [0.05, 0.1) is 5.69 Å². The summed E-state index contributed by atoms with van der Waals surface area (Å²) in [5.41, 5.74) is 8.10. The first-order valence-electron chi connectivity index (χ1n) is 12.7. The second-order valence-corrected chi connectivity index (χ2v) is 9.36. The molecule has 4 rings (SSSR count). The third kappa shape index (κ3) is 5.81. The van der Waals surface area contributed by atoms with E-state index in [9.17, 15) is 9.90 Å². The Labute approximate surface area is 208 Å². The van der Waals surface area contributed by atoms with Crippen LogP contribution in [0.1, 0.15) is 61.9 Å². The van der Waals surface area contributed by atoms with Crippen molar-refractivity contribution in [1.82, 2.24) is 15.2 Å². The number of fused-ring (bicyclic) bond motifs is 1. The number of aliphatic hydroxyl groups is 1. The Hall–Kier alpha value is -3.00. The molecule has 2 heterocycles. The number of nitrogens with two attached hydrogens (primary N) is 1. The van der Waals surface area contributed by atoms with Gasteiger partial charge in [0.2, 0.25) is 0 Å². The summed E-state index contributed by atoms with van der Waals surface area (Å²) in [5.74, 6) is 6.52. The number of benzene rings is 2. The molecule has 1 unspecified atom stereocenters. The average molecular weight is 476 g/mol. The maximum absolute atomic E-state index is 12.7. The summed E-state index contributed by atoms with van der Waals surface area (Å²) in [6.07, 6.45) is 5.93. The van der Waals surface area contributed by atoms with E-state index < -0.39 is 6.23 Å². The zero-order valence-electron chi connectivity index (χ0n) is 20.8. The third-order valence-corrected chi connectivity index (χ3v) is 6.72. The van der Waals surface area contributed by atoms with Crippen molar-refractivity contribution in [2.45, 2.75) is 52.2 Å². The van der Waals surface area contributed by atoms with Crippen LogP contribution in [0, 0.1) is 0 Å². The van der Waals surface area contributed by atoms with Gasteiger partial charge in [0, 0.05) is 43.7 Å². The van der Waals surface area contributed by atoms with Gasteiger partial charge < -0.3 is 15.4 Å². The molecule has 0 radical (unpaired) electrons. The van der Waals surface area contributed by atoms with Gasteiger partial charge in [0.15, 0.2) is 0 Å². The quantitative estimate of drug-likeness (QED) is 0.300. The fourth-order valence-electron chi connectivity index (χ4n) is 4.89. The Bertz CT molecular complexity index is 1080. The van der Waals surface area contributed by atoms with Crippen LogP contribution in [-0.4, -0.2) is 59.1 Å². The predicted molar refractivity (Wildman–Crippen MR) is 142 cm³/mol. The lowest BCUT2D eigenvalue weighted by Gasteiger charge is -2.29. The van der Waals surface area contributed by atoms with E-state index in [1.165, 1.54) is 0 Å². The summed E-state index contributed by atoms with van der Waals surface area (Å²) in [6, 6.07) is 13.9. The maximum Gasteiger partial charge on any atom is 0.253 e. The SMILES string of the molecule is CCCN(CCC)C(O)C1=Cc2ccc(-c3ccc(C(=O)N4CCCC4)cc3)cc2N=C(NN)C1. The minimum absolute atomic E-state index is 0.107. The molecular formula is C28H37N5O2. The lowest BCUT2D eigenvalue weighted by Crippen LogP contribution is -2.39. The topological polar surface area (TPSA) is 94.2 Å². The van der Waals surface area contributed by atoms with Gasteiger partial charge in [-0.25, -0.2) is 10.8 Å². The van der Waals surface area contributed by atoms with Gasteiger partial charge in [0.1, 0.15) is 12.1 Å². The van der Waals surface area contributed by atoms with Crippen LogP contribution in [0.5, 0.6) is 0 Å². The highest BCUT2D eigenvalue weighted by Gasteiger charge is 2.23. The number of aliphatic hydroxyl groups excluding tert-OH is 1. The molecule has 7 heteroatoms. The minimum atomic E-state index is -0.681. The van der Waals surface area contributed by atoms with Crippen molar-refractivity contribution < 1.29 is 9.90 Å².